The molecule has 0 radical (unpaired) electrons. The maximum Gasteiger partial charge on any atom is 0.236 e. The number of phenolic OH excluding ortho intramolecular Hbond substituents is 1. The van der Waals surface area contributed by atoms with Crippen LogP contribution in [0.15, 0.2) is 77.8 Å². The largest absolute Gasteiger partial charge is 0.508 e. The number of aromatic hydroxyl groups is 1. The van der Waals surface area contributed by atoms with Crippen molar-refractivity contribution in [1.82, 2.24) is 4.98 Å². The maximum atomic E-state index is 12.2. The molecule has 0 aliphatic heterocycles. The topological polar surface area (TPSA) is 62.2 Å². The fraction of sp³-hybridized carbons (Fsp3) is 0.0909. The lowest BCUT2D eigenvalue weighted by atomic mass is 10.0. The van der Waals surface area contributed by atoms with Crippen LogP contribution >= 0.6 is 23.1 Å². The first kappa shape index (κ1) is 18.5. The van der Waals surface area contributed by atoms with Crippen LogP contribution in [0.25, 0.3) is 10.8 Å². The SMILES string of the molecule is O=C(CSc1cccc(O)c1)Nc1ncc(Cc2cccc3ccccc23)s1. The summed E-state index contributed by atoms with van der Waals surface area (Å²) in [5.41, 5.74) is 1.25. The van der Waals surface area contributed by atoms with Crippen LogP contribution in [0.5, 0.6) is 5.75 Å². The second-order valence-electron chi connectivity index (χ2n) is 6.28. The Kier molecular flexibility index (Phi) is 5.60. The Balaban J connectivity index is 1.38. The molecule has 1 heterocycles. The summed E-state index contributed by atoms with van der Waals surface area (Å²) in [5, 5.41) is 15.4. The second-order valence-corrected chi connectivity index (χ2v) is 8.44. The Morgan fingerprint density at radius 2 is 1.89 bits per heavy atom. The van der Waals surface area contributed by atoms with Crippen LogP contribution in [0.2, 0.25) is 0 Å². The highest BCUT2D eigenvalue weighted by molar-refractivity contribution is 8.00. The van der Waals surface area contributed by atoms with Crippen molar-refractivity contribution < 1.29 is 9.90 Å². The number of phenols is 1. The van der Waals surface area contributed by atoms with Crippen LogP contribution in [0.1, 0.15) is 10.4 Å². The van der Waals surface area contributed by atoms with Gasteiger partial charge in [0.15, 0.2) is 5.13 Å². The number of carbonyl (C=O) groups excluding carboxylic acids is 1. The Labute approximate surface area is 171 Å². The minimum atomic E-state index is -0.112. The second kappa shape index (κ2) is 8.46. The number of carbonyl (C=O) groups is 1. The summed E-state index contributed by atoms with van der Waals surface area (Å²) in [6.07, 6.45) is 2.61. The molecule has 1 amide bonds. The number of thioether (sulfide) groups is 1. The first-order valence-corrected chi connectivity index (χ1v) is 10.6. The zero-order valence-electron chi connectivity index (χ0n) is 15.0. The van der Waals surface area contributed by atoms with Crippen molar-refractivity contribution in [3.8, 4) is 5.75 Å². The monoisotopic (exact) mass is 406 g/mol. The molecule has 4 nitrogen and oxygen atoms in total. The average molecular weight is 407 g/mol. The number of nitrogens with one attached hydrogen (secondary N) is 1. The molecule has 4 aromatic rings. The number of hydrogen-bond donors (Lipinski definition) is 2. The molecular formula is C22H18N2O2S2. The number of hydrogen-bond acceptors (Lipinski definition) is 5. The molecule has 0 saturated heterocycles. The maximum absolute atomic E-state index is 12.2. The van der Waals surface area contributed by atoms with Crippen molar-refractivity contribution in [3.05, 3.63) is 83.4 Å². The van der Waals surface area contributed by atoms with Crippen molar-refractivity contribution in [3.63, 3.8) is 0 Å². The molecule has 2 N–H and O–H groups in total. The van der Waals surface area contributed by atoms with Gasteiger partial charge in [0.25, 0.3) is 0 Å². The molecule has 0 unspecified atom stereocenters. The van der Waals surface area contributed by atoms with Gasteiger partial charge in [0.05, 0.1) is 5.75 Å². The molecule has 0 fully saturated rings. The standard InChI is InChI=1S/C22H18N2O2S2/c25-17-8-4-9-18(12-17)27-14-21(26)24-22-23-13-19(28-22)11-16-7-3-6-15-5-1-2-10-20(15)16/h1-10,12-13,25H,11,14H2,(H,23,24,26). The fourth-order valence-electron chi connectivity index (χ4n) is 2.96. The van der Waals surface area contributed by atoms with E-state index in [1.807, 2.05) is 24.4 Å². The van der Waals surface area contributed by atoms with Gasteiger partial charge in [-0.25, -0.2) is 4.98 Å². The van der Waals surface area contributed by atoms with Crippen molar-refractivity contribution in [1.29, 1.82) is 0 Å². The minimum Gasteiger partial charge on any atom is -0.508 e. The van der Waals surface area contributed by atoms with E-state index >= 15 is 0 Å². The highest BCUT2D eigenvalue weighted by atomic mass is 32.2. The quantitative estimate of drug-likeness (QED) is 0.425. The summed E-state index contributed by atoms with van der Waals surface area (Å²) < 4.78 is 0. The Morgan fingerprint density at radius 3 is 2.79 bits per heavy atom. The number of anilines is 1. The van der Waals surface area contributed by atoms with Crippen molar-refractivity contribution in [2.45, 2.75) is 11.3 Å². The van der Waals surface area contributed by atoms with Crippen LogP contribution in [0.4, 0.5) is 5.13 Å². The highest BCUT2D eigenvalue weighted by Gasteiger charge is 2.09. The Hall–Kier alpha value is -2.83. The van der Waals surface area contributed by atoms with E-state index in [1.54, 1.807) is 18.2 Å². The van der Waals surface area contributed by atoms with E-state index in [1.165, 1.54) is 39.4 Å². The summed E-state index contributed by atoms with van der Waals surface area (Å²) in [6, 6.07) is 21.5. The van der Waals surface area contributed by atoms with Crippen LogP contribution in [0, 0.1) is 0 Å². The first-order valence-electron chi connectivity index (χ1n) is 8.80. The molecule has 3 aromatic carbocycles. The number of fused-ring (bicyclic) bond motifs is 1. The fourth-order valence-corrected chi connectivity index (χ4v) is 4.56. The third-order valence-corrected chi connectivity index (χ3v) is 6.14. The smallest absolute Gasteiger partial charge is 0.236 e. The van der Waals surface area contributed by atoms with Gasteiger partial charge in [-0.3, -0.25) is 4.79 Å². The predicted molar refractivity (Wildman–Crippen MR) is 116 cm³/mol. The van der Waals surface area contributed by atoms with Crippen LogP contribution in [0.3, 0.4) is 0 Å². The zero-order chi connectivity index (χ0) is 19.3. The molecule has 28 heavy (non-hydrogen) atoms. The van der Waals surface area contributed by atoms with Gasteiger partial charge in [0, 0.05) is 22.4 Å². The van der Waals surface area contributed by atoms with Gasteiger partial charge in [-0.2, -0.15) is 0 Å². The lowest BCUT2D eigenvalue weighted by Gasteiger charge is -2.05. The number of amides is 1. The molecule has 0 spiro atoms. The molecule has 1 aromatic heterocycles. The molecule has 4 rings (SSSR count). The molecular weight excluding hydrogens is 388 g/mol. The van der Waals surface area contributed by atoms with Crippen LogP contribution in [-0.4, -0.2) is 21.8 Å². The normalized spacial score (nSPS) is 10.9. The van der Waals surface area contributed by atoms with E-state index in [9.17, 15) is 9.90 Å². The number of aromatic nitrogens is 1. The lowest BCUT2D eigenvalue weighted by molar-refractivity contribution is -0.113. The van der Waals surface area contributed by atoms with Crippen molar-refractivity contribution in [2.24, 2.45) is 0 Å². The minimum absolute atomic E-state index is 0.112. The van der Waals surface area contributed by atoms with Gasteiger partial charge in [-0.1, -0.05) is 48.5 Å². The van der Waals surface area contributed by atoms with Gasteiger partial charge < -0.3 is 10.4 Å². The summed E-state index contributed by atoms with van der Waals surface area (Å²) >= 11 is 2.87. The van der Waals surface area contributed by atoms with Crippen molar-refractivity contribution >= 4 is 44.9 Å². The Morgan fingerprint density at radius 1 is 1.07 bits per heavy atom. The number of thiazole rings is 1. The summed E-state index contributed by atoms with van der Waals surface area (Å²) in [4.78, 5) is 18.5. The average Bonchev–Trinajstić information content (AvgIpc) is 3.13. The predicted octanol–water partition coefficient (Wildman–Crippen LogP) is 5.32. The molecule has 0 atom stereocenters. The Bertz CT molecular complexity index is 1120. The first-order chi connectivity index (χ1) is 13.7. The number of rotatable bonds is 6. The molecule has 0 aliphatic rings. The summed E-state index contributed by atoms with van der Waals surface area (Å²) in [6.45, 7) is 0. The third-order valence-electron chi connectivity index (χ3n) is 4.23. The van der Waals surface area contributed by atoms with Crippen LogP contribution in [-0.2, 0) is 11.2 Å². The van der Waals surface area contributed by atoms with Crippen molar-refractivity contribution in [2.75, 3.05) is 11.1 Å². The molecule has 0 bridgehead atoms. The molecule has 0 aliphatic carbocycles. The summed E-state index contributed by atoms with van der Waals surface area (Å²) in [7, 11) is 0. The van der Waals surface area contributed by atoms with E-state index in [2.05, 4.69) is 40.6 Å². The van der Waals surface area contributed by atoms with E-state index in [4.69, 9.17) is 0 Å². The number of nitrogens with zero attached hydrogens (tertiary/aromatic N) is 1. The molecule has 6 heteroatoms. The molecule has 0 saturated carbocycles. The van der Waals surface area contributed by atoms with E-state index in [-0.39, 0.29) is 17.4 Å². The van der Waals surface area contributed by atoms with Gasteiger partial charge in [0.2, 0.25) is 5.91 Å². The third kappa shape index (κ3) is 4.52. The van der Waals surface area contributed by atoms with Crippen LogP contribution < -0.4 is 5.32 Å². The van der Waals surface area contributed by atoms with E-state index < -0.39 is 0 Å². The highest BCUT2D eigenvalue weighted by Crippen LogP contribution is 2.26. The number of benzene rings is 3. The van der Waals surface area contributed by atoms with E-state index in [0.717, 1.165) is 16.2 Å². The zero-order valence-corrected chi connectivity index (χ0v) is 16.6. The van der Waals surface area contributed by atoms with E-state index in [0.29, 0.717) is 5.13 Å². The van der Waals surface area contributed by atoms with Gasteiger partial charge in [-0.05, 0) is 34.5 Å². The summed E-state index contributed by atoms with van der Waals surface area (Å²) in [5.74, 6) is 0.352. The van der Waals surface area contributed by atoms with Gasteiger partial charge in [-0.15, -0.1) is 23.1 Å². The molecule has 140 valence electrons. The lowest BCUT2D eigenvalue weighted by Crippen LogP contribution is -2.13. The van der Waals surface area contributed by atoms with Gasteiger partial charge in [0.1, 0.15) is 5.75 Å². The van der Waals surface area contributed by atoms with Gasteiger partial charge >= 0.3 is 0 Å².